The first-order valence-electron chi connectivity index (χ1n) is 12.4. The zero-order chi connectivity index (χ0) is 29.6. The molecule has 3 aromatic carbocycles. The van der Waals surface area contributed by atoms with Crippen LogP contribution in [0.1, 0.15) is 20.9 Å². The van der Waals surface area contributed by atoms with Crippen molar-refractivity contribution in [2.75, 3.05) is 21.3 Å². The minimum absolute atomic E-state index is 0.123. The van der Waals surface area contributed by atoms with Crippen molar-refractivity contribution in [2.24, 2.45) is 0 Å². The topological polar surface area (TPSA) is 27.7 Å². The monoisotopic (exact) mass is 608 g/mol. The number of fused-ring (bicyclic) bond motifs is 4. The Kier molecular flexibility index (Phi) is 6.10. The van der Waals surface area contributed by atoms with Gasteiger partial charge in [-0.25, -0.2) is 0 Å². The van der Waals surface area contributed by atoms with Gasteiger partial charge in [-0.05, 0) is 43.7 Å². The van der Waals surface area contributed by atoms with Gasteiger partial charge in [0.25, 0.3) is 0 Å². The van der Waals surface area contributed by atoms with Gasteiger partial charge in [-0.3, -0.25) is 0 Å². The minimum Gasteiger partial charge on any atom is -0.496 e. The van der Waals surface area contributed by atoms with Crippen molar-refractivity contribution < 1.29 is 40.6 Å². The summed E-state index contributed by atoms with van der Waals surface area (Å²) < 4.78 is 111. The molecule has 2 aromatic heterocycles. The third-order valence-electron chi connectivity index (χ3n) is 7.64. The maximum absolute atomic E-state index is 15.9. The molecule has 6 rings (SSSR count). The lowest BCUT2D eigenvalue weighted by atomic mass is 9.94. The van der Waals surface area contributed by atoms with Crippen LogP contribution in [0.2, 0.25) is 0 Å². The highest BCUT2D eigenvalue weighted by Crippen LogP contribution is 2.67. The van der Waals surface area contributed by atoms with E-state index in [1.165, 1.54) is 41.2 Å². The van der Waals surface area contributed by atoms with E-state index in [0.717, 1.165) is 11.3 Å². The van der Waals surface area contributed by atoms with E-state index in [2.05, 4.69) is 0 Å². The Balaban J connectivity index is 1.83. The standard InChI is InChI=1S/C30H22F6O3S2/c1-13-21-23-16(17(37-3)10-11-18(23)38-4)12-19(39-5)27(21)41-26(13)25-24(28(31,32)30(35,36)29(25,33)34)22-14(2)40-20-9-7-6-8-15(20)22/h6-12H,1-5H3. The maximum Gasteiger partial charge on any atom is 0.380 e. The molecule has 0 bridgehead atoms. The molecule has 0 aliphatic heterocycles. The zero-order valence-corrected chi connectivity index (χ0v) is 24.0. The molecule has 1 aliphatic carbocycles. The predicted octanol–water partition coefficient (Wildman–Crippen LogP) is 9.74. The van der Waals surface area contributed by atoms with Crippen LogP contribution in [0.5, 0.6) is 17.2 Å². The Morgan fingerprint density at radius 1 is 0.659 bits per heavy atom. The van der Waals surface area contributed by atoms with E-state index >= 15 is 26.3 Å². The third-order valence-corrected chi connectivity index (χ3v) is 10.0. The molecule has 41 heavy (non-hydrogen) atoms. The minimum atomic E-state index is -5.67. The van der Waals surface area contributed by atoms with Crippen molar-refractivity contribution in [2.45, 2.75) is 31.6 Å². The van der Waals surface area contributed by atoms with Gasteiger partial charge in [0.1, 0.15) is 17.2 Å². The number of halogens is 6. The van der Waals surface area contributed by atoms with Crippen LogP contribution in [-0.2, 0) is 0 Å². The van der Waals surface area contributed by atoms with Gasteiger partial charge in [-0.2, -0.15) is 26.3 Å². The molecule has 0 unspecified atom stereocenters. The van der Waals surface area contributed by atoms with E-state index < -0.39 is 28.9 Å². The number of alkyl halides is 6. The van der Waals surface area contributed by atoms with Gasteiger partial charge in [-0.1, -0.05) is 18.2 Å². The molecule has 5 aromatic rings. The molecule has 0 amide bonds. The van der Waals surface area contributed by atoms with Gasteiger partial charge in [0.05, 0.1) is 31.6 Å². The van der Waals surface area contributed by atoms with Crippen molar-refractivity contribution in [3.05, 3.63) is 63.3 Å². The van der Waals surface area contributed by atoms with E-state index in [-0.39, 0.29) is 32.0 Å². The smallest absolute Gasteiger partial charge is 0.380 e. The van der Waals surface area contributed by atoms with Crippen molar-refractivity contribution in [1.82, 2.24) is 0 Å². The lowest BCUT2D eigenvalue weighted by molar-refractivity contribution is -0.254. The van der Waals surface area contributed by atoms with Crippen LogP contribution in [0, 0.1) is 13.8 Å². The fraction of sp³-hybridized carbons (Fsp3) is 0.267. The van der Waals surface area contributed by atoms with Gasteiger partial charge < -0.3 is 14.2 Å². The molecule has 0 spiro atoms. The second-order valence-electron chi connectivity index (χ2n) is 9.73. The summed E-state index contributed by atoms with van der Waals surface area (Å²) in [5, 5.41) is 1.56. The predicted molar refractivity (Wildman–Crippen MR) is 152 cm³/mol. The molecule has 0 atom stereocenters. The summed E-state index contributed by atoms with van der Waals surface area (Å²) in [6.07, 6.45) is 0. The molecule has 2 heterocycles. The molecular weight excluding hydrogens is 586 g/mol. The number of hydrogen-bond acceptors (Lipinski definition) is 5. The third kappa shape index (κ3) is 3.45. The summed E-state index contributed by atoms with van der Waals surface area (Å²) in [5.41, 5.74) is -2.91. The summed E-state index contributed by atoms with van der Waals surface area (Å²) in [4.78, 5) is -0.137. The molecule has 0 radical (unpaired) electrons. The number of methoxy groups -OCH3 is 3. The molecule has 11 heteroatoms. The van der Waals surface area contributed by atoms with Gasteiger partial charge in [0.15, 0.2) is 0 Å². The van der Waals surface area contributed by atoms with Crippen LogP contribution in [0.15, 0.2) is 42.5 Å². The van der Waals surface area contributed by atoms with E-state index in [0.29, 0.717) is 48.4 Å². The van der Waals surface area contributed by atoms with Crippen molar-refractivity contribution >= 4 is 64.8 Å². The summed E-state index contributed by atoms with van der Waals surface area (Å²) in [6.45, 7) is 2.93. The first-order chi connectivity index (χ1) is 19.3. The first-order valence-corrected chi connectivity index (χ1v) is 14.0. The average molecular weight is 609 g/mol. The van der Waals surface area contributed by atoms with Crippen molar-refractivity contribution in [3.8, 4) is 17.2 Å². The van der Waals surface area contributed by atoms with Crippen LogP contribution in [0.25, 0.3) is 42.1 Å². The fourth-order valence-electron chi connectivity index (χ4n) is 5.75. The van der Waals surface area contributed by atoms with Crippen LogP contribution >= 0.6 is 22.7 Å². The normalized spacial score (nSPS) is 17.6. The Labute approximate surface area is 238 Å². The maximum atomic E-state index is 15.9. The highest BCUT2D eigenvalue weighted by atomic mass is 32.1. The number of allylic oxidation sites excluding steroid dienone is 2. The zero-order valence-electron chi connectivity index (χ0n) is 22.4. The average Bonchev–Trinajstić information content (AvgIpc) is 3.48. The van der Waals surface area contributed by atoms with E-state index in [1.807, 2.05) is 0 Å². The molecule has 0 N–H and O–H groups in total. The molecule has 3 nitrogen and oxygen atoms in total. The first kappa shape index (κ1) is 27.7. The molecule has 214 valence electrons. The molecule has 0 saturated carbocycles. The summed E-state index contributed by atoms with van der Waals surface area (Å²) in [5.74, 6) is -15.0. The van der Waals surface area contributed by atoms with Gasteiger partial charge >= 0.3 is 17.8 Å². The second-order valence-corrected chi connectivity index (χ2v) is 12.0. The molecule has 1 aliphatic rings. The van der Waals surface area contributed by atoms with Crippen molar-refractivity contribution in [1.29, 1.82) is 0 Å². The van der Waals surface area contributed by atoms with Crippen LogP contribution in [0.4, 0.5) is 26.3 Å². The summed E-state index contributed by atoms with van der Waals surface area (Å²) in [7, 11) is 4.26. The fourth-order valence-corrected chi connectivity index (χ4v) is 8.21. The van der Waals surface area contributed by atoms with Gasteiger partial charge in [-0.15, -0.1) is 22.7 Å². The number of ether oxygens (including phenoxy) is 3. The van der Waals surface area contributed by atoms with Crippen LogP contribution in [0.3, 0.4) is 0 Å². The number of thiophene rings is 2. The van der Waals surface area contributed by atoms with E-state index in [1.54, 1.807) is 36.4 Å². The quantitative estimate of drug-likeness (QED) is 0.186. The highest BCUT2D eigenvalue weighted by molar-refractivity contribution is 7.21. The Bertz CT molecular complexity index is 1920. The number of rotatable bonds is 5. The van der Waals surface area contributed by atoms with Gasteiger partial charge in [0.2, 0.25) is 0 Å². The molecule has 0 fully saturated rings. The van der Waals surface area contributed by atoms with Crippen LogP contribution < -0.4 is 14.2 Å². The van der Waals surface area contributed by atoms with E-state index in [9.17, 15) is 0 Å². The lowest BCUT2D eigenvalue weighted by Crippen LogP contribution is -2.48. The lowest BCUT2D eigenvalue weighted by Gasteiger charge is -2.25. The van der Waals surface area contributed by atoms with Crippen molar-refractivity contribution in [3.63, 3.8) is 0 Å². The van der Waals surface area contributed by atoms with E-state index in [4.69, 9.17) is 14.2 Å². The summed E-state index contributed by atoms with van der Waals surface area (Å²) >= 11 is 1.80. The molecule has 0 saturated heterocycles. The SMILES string of the molecule is COc1ccc(OC)c2c1cc(OC)c1sc(C3=C(c4c(C)sc5ccccc45)C(F)(F)C(F)(F)C3(F)F)c(C)c12. The Morgan fingerprint density at radius 2 is 1.27 bits per heavy atom. The Hall–Kier alpha value is -3.44. The van der Waals surface area contributed by atoms with Gasteiger partial charge in [0, 0.05) is 47.1 Å². The number of aryl methyl sites for hydroxylation is 2. The highest BCUT2D eigenvalue weighted by Gasteiger charge is 2.80. The number of benzene rings is 3. The Morgan fingerprint density at radius 3 is 1.93 bits per heavy atom. The number of hydrogen-bond donors (Lipinski definition) is 0. The summed E-state index contributed by atoms with van der Waals surface area (Å²) in [6, 6.07) is 11.3. The largest absolute Gasteiger partial charge is 0.496 e. The van der Waals surface area contributed by atoms with Crippen LogP contribution in [-0.4, -0.2) is 39.1 Å². The molecular formula is C30H22F6O3S2. The second kappa shape index (κ2) is 9.03.